The highest BCUT2D eigenvalue weighted by molar-refractivity contribution is 14.1. The van der Waals surface area contributed by atoms with E-state index in [4.69, 9.17) is 4.42 Å². The summed E-state index contributed by atoms with van der Waals surface area (Å²) in [5, 5.41) is 0.510. The average Bonchev–Trinajstić information content (AvgIpc) is 2.44. The van der Waals surface area contributed by atoms with Gasteiger partial charge in [-0.05, 0) is 44.6 Å². The van der Waals surface area contributed by atoms with Crippen LogP contribution in [-0.2, 0) is 6.42 Å². The summed E-state index contributed by atoms with van der Waals surface area (Å²) in [5.41, 5.74) is 0.663. The van der Waals surface area contributed by atoms with Gasteiger partial charge in [-0.15, -0.1) is 0 Å². The monoisotopic (exact) mass is 404 g/mol. The molecule has 6 heteroatoms. The van der Waals surface area contributed by atoms with Crippen molar-refractivity contribution in [3.63, 3.8) is 0 Å². The lowest BCUT2D eigenvalue weighted by molar-refractivity contribution is -0.127. The standard InChI is InChI=1S/C10H5BrF3IO/c11-7-3-1-2-5-6(4-10(12,13)14)9(15)16-8(5)7/h1-3H,4H2. The van der Waals surface area contributed by atoms with Gasteiger partial charge < -0.3 is 4.42 Å². The SMILES string of the molecule is FC(F)(F)Cc1c(I)oc2c(Br)cccc12. The molecule has 0 aliphatic heterocycles. The van der Waals surface area contributed by atoms with Gasteiger partial charge in [0, 0.05) is 10.9 Å². The maximum absolute atomic E-state index is 12.4. The van der Waals surface area contributed by atoms with Gasteiger partial charge in [-0.25, -0.2) is 0 Å². The molecular formula is C10H5BrF3IO. The van der Waals surface area contributed by atoms with Crippen molar-refractivity contribution in [1.29, 1.82) is 0 Å². The van der Waals surface area contributed by atoms with E-state index in [1.165, 1.54) is 0 Å². The van der Waals surface area contributed by atoms with Crippen LogP contribution in [0.25, 0.3) is 11.0 Å². The van der Waals surface area contributed by atoms with Crippen LogP contribution in [0.5, 0.6) is 0 Å². The van der Waals surface area contributed by atoms with Crippen molar-refractivity contribution in [3.05, 3.63) is 32.0 Å². The highest BCUT2D eigenvalue weighted by atomic mass is 127. The van der Waals surface area contributed by atoms with Gasteiger partial charge >= 0.3 is 6.18 Å². The molecule has 2 rings (SSSR count). The molecule has 0 radical (unpaired) electrons. The molecule has 86 valence electrons. The van der Waals surface area contributed by atoms with E-state index in [0.717, 1.165) is 0 Å². The van der Waals surface area contributed by atoms with Crippen LogP contribution in [0.15, 0.2) is 27.1 Å². The number of alkyl halides is 3. The van der Waals surface area contributed by atoms with Crippen LogP contribution >= 0.6 is 38.5 Å². The highest BCUT2D eigenvalue weighted by Gasteiger charge is 2.31. The van der Waals surface area contributed by atoms with Crippen molar-refractivity contribution < 1.29 is 17.6 Å². The van der Waals surface area contributed by atoms with E-state index in [-0.39, 0.29) is 9.33 Å². The first kappa shape index (κ1) is 12.2. The predicted octanol–water partition coefficient (Wildman–Crippen LogP) is 4.90. The van der Waals surface area contributed by atoms with Gasteiger partial charge in [-0.3, -0.25) is 0 Å². The van der Waals surface area contributed by atoms with Gasteiger partial charge in [0.25, 0.3) is 0 Å². The summed E-state index contributed by atoms with van der Waals surface area (Å²) in [6.45, 7) is 0. The maximum Gasteiger partial charge on any atom is 0.393 e. The number of rotatable bonds is 1. The van der Waals surface area contributed by atoms with E-state index in [9.17, 15) is 13.2 Å². The number of hydrogen-bond donors (Lipinski definition) is 0. The van der Waals surface area contributed by atoms with Crippen molar-refractivity contribution in [2.75, 3.05) is 0 Å². The zero-order valence-corrected chi connectivity index (χ0v) is 11.5. The van der Waals surface area contributed by atoms with Crippen LogP contribution < -0.4 is 0 Å². The molecule has 0 saturated heterocycles. The van der Waals surface area contributed by atoms with Gasteiger partial charge in [0.2, 0.25) is 0 Å². The van der Waals surface area contributed by atoms with Crippen molar-refractivity contribution in [2.24, 2.45) is 0 Å². The van der Waals surface area contributed by atoms with Crippen LogP contribution in [0.4, 0.5) is 13.2 Å². The van der Waals surface area contributed by atoms with E-state index >= 15 is 0 Å². The fourth-order valence-corrected chi connectivity index (χ4v) is 2.62. The second-order valence-electron chi connectivity index (χ2n) is 3.26. The Kier molecular flexibility index (Phi) is 3.22. The third-order valence-electron chi connectivity index (χ3n) is 2.10. The van der Waals surface area contributed by atoms with Crippen molar-refractivity contribution >= 4 is 49.5 Å². The van der Waals surface area contributed by atoms with Crippen molar-refractivity contribution in [3.8, 4) is 0 Å². The second-order valence-corrected chi connectivity index (χ2v) is 5.10. The zero-order chi connectivity index (χ0) is 11.9. The smallest absolute Gasteiger partial charge is 0.393 e. The lowest BCUT2D eigenvalue weighted by Crippen LogP contribution is -2.11. The Labute approximate surface area is 111 Å². The summed E-state index contributed by atoms with van der Waals surface area (Å²) in [6, 6.07) is 5.06. The largest absolute Gasteiger partial charge is 0.449 e. The number of benzene rings is 1. The zero-order valence-electron chi connectivity index (χ0n) is 7.74. The Morgan fingerprint density at radius 1 is 1.31 bits per heavy atom. The Morgan fingerprint density at radius 3 is 2.62 bits per heavy atom. The van der Waals surface area contributed by atoms with Crippen LogP contribution in [0.3, 0.4) is 0 Å². The number of fused-ring (bicyclic) bond motifs is 1. The first-order valence-electron chi connectivity index (χ1n) is 4.30. The Balaban J connectivity index is 2.61. The predicted molar refractivity (Wildman–Crippen MR) is 66.4 cm³/mol. The fraction of sp³-hybridized carbons (Fsp3) is 0.200. The molecule has 1 nitrogen and oxygen atoms in total. The quantitative estimate of drug-likeness (QED) is 0.616. The average molecular weight is 405 g/mol. The lowest BCUT2D eigenvalue weighted by atomic mass is 10.1. The molecule has 0 amide bonds. The summed E-state index contributed by atoms with van der Waals surface area (Å²) in [7, 11) is 0. The van der Waals surface area contributed by atoms with Crippen LogP contribution in [0.1, 0.15) is 5.56 Å². The molecule has 0 saturated carbocycles. The number of hydrogen-bond acceptors (Lipinski definition) is 1. The molecule has 0 fully saturated rings. The van der Waals surface area contributed by atoms with Crippen molar-refractivity contribution in [1.82, 2.24) is 0 Å². The molecule has 1 aromatic heterocycles. The number of furan rings is 1. The maximum atomic E-state index is 12.4. The van der Waals surface area contributed by atoms with Gasteiger partial charge in [0.15, 0.2) is 3.77 Å². The van der Waals surface area contributed by atoms with Gasteiger partial charge in [0.05, 0.1) is 10.9 Å². The van der Waals surface area contributed by atoms with Crippen LogP contribution in [-0.4, -0.2) is 6.18 Å². The highest BCUT2D eigenvalue weighted by Crippen LogP contribution is 2.35. The third kappa shape index (κ3) is 2.37. The van der Waals surface area contributed by atoms with Crippen LogP contribution in [0, 0.1) is 3.77 Å². The van der Waals surface area contributed by atoms with E-state index < -0.39 is 12.6 Å². The first-order chi connectivity index (χ1) is 7.38. The summed E-state index contributed by atoms with van der Waals surface area (Å²) < 4.78 is 43.4. The molecule has 0 aliphatic rings. The van der Waals surface area contributed by atoms with Gasteiger partial charge in [0.1, 0.15) is 5.58 Å². The molecular weight excluding hydrogens is 400 g/mol. The Hall–Kier alpha value is -0.240. The molecule has 2 aromatic rings. The molecule has 0 spiro atoms. The molecule has 0 atom stereocenters. The van der Waals surface area contributed by atoms with Crippen molar-refractivity contribution in [2.45, 2.75) is 12.6 Å². The molecule has 0 bridgehead atoms. The molecule has 1 aromatic carbocycles. The minimum Gasteiger partial charge on any atom is -0.449 e. The molecule has 0 unspecified atom stereocenters. The summed E-state index contributed by atoms with van der Waals surface area (Å²) >= 11 is 5.03. The second kappa shape index (κ2) is 4.21. The Morgan fingerprint density at radius 2 is 2.00 bits per heavy atom. The molecule has 0 N–H and O–H groups in total. The first-order valence-corrected chi connectivity index (χ1v) is 6.18. The third-order valence-corrected chi connectivity index (χ3v) is 3.59. The minimum atomic E-state index is -4.22. The van der Waals surface area contributed by atoms with Crippen LogP contribution in [0.2, 0.25) is 0 Å². The van der Waals surface area contributed by atoms with Gasteiger partial charge in [-0.1, -0.05) is 12.1 Å². The molecule has 16 heavy (non-hydrogen) atoms. The lowest BCUT2D eigenvalue weighted by Gasteiger charge is -2.04. The van der Waals surface area contributed by atoms with E-state index in [1.54, 1.807) is 40.8 Å². The fourth-order valence-electron chi connectivity index (χ4n) is 1.47. The summed E-state index contributed by atoms with van der Waals surface area (Å²) in [6.07, 6.45) is -5.19. The number of halogens is 5. The molecule has 1 heterocycles. The van der Waals surface area contributed by atoms with E-state index in [0.29, 0.717) is 15.4 Å². The van der Waals surface area contributed by atoms with E-state index in [1.807, 2.05) is 0 Å². The molecule has 0 aliphatic carbocycles. The summed E-state index contributed by atoms with van der Waals surface area (Å²) in [4.78, 5) is 0. The minimum absolute atomic E-state index is 0.199. The summed E-state index contributed by atoms with van der Waals surface area (Å²) in [5.74, 6) is 0. The topological polar surface area (TPSA) is 13.1 Å². The normalized spacial score (nSPS) is 12.3. The van der Waals surface area contributed by atoms with E-state index in [2.05, 4.69) is 15.9 Å². The number of para-hydroxylation sites is 1. The van der Waals surface area contributed by atoms with Gasteiger partial charge in [-0.2, -0.15) is 13.2 Å². The Bertz CT molecular complexity index is 533.